The molecule has 1 unspecified atom stereocenters. The number of hydrogen-bond acceptors (Lipinski definition) is 11. The third-order valence-electron chi connectivity index (χ3n) is 5.95. The fourth-order valence-electron chi connectivity index (χ4n) is 4.06. The van der Waals surface area contributed by atoms with E-state index in [1.807, 2.05) is 42.3 Å². The number of benzene rings is 1. The van der Waals surface area contributed by atoms with Crippen LogP contribution < -0.4 is 15.3 Å². The number of hydroxylamine groups is 1. The molecule has 1 aliphatic heterocycles. The first kappa shape index (κ1) is 26.1. The van der Waals surface area contributed by atoms with E-state index in [9.17, 15) is 9.00 Å². The minimum absolute atomic E-state index is 0.0711. The quantitative estimate of drug-likeness (QED) is 0.167. The van der Waals surface area contributed by atoms with E-state index >= 15 is 0 Å². The zero-order chi connectivity index (χ0) is 26.6. The maximum Gasteiger partial charge on any atom is 0.277 e. The number of rotatable bonds is 8. The number of aromatic nitrogens is 4. The Kier molecular flexibility index (Phi) is 7.85. The van der Waals surface area contributed by atoms with Crippen molar-refractivity contribution in [1.29, 1.82) is 0 Å². The normalized spacial score (nSPS) is 14.4. The van der Waals surface area contributed by atoms with E-state index in [2.05, 4.69) is 14.9 Å². The van der Waals surface area contributed by atoms with Gasteiger partial charge in [0.25, 0.3) is 5.91 Å². The van der Waals surface area contributed by atoms with Gasteiger partial charge in [0, 0.05) is 43.0 Å². The van der Waals surface area contributed by atoms with Crippen LogP contribution in [0.1, 0.15) is 20.8 Å². The first-order valence-corrected chi connectivity index (χ1v) is 13.8. The molecule has 0 bridgehead atoms. The Labute approximate surface area is 224 Å². The highest BCUT2D eigenvalue weighted by atomic mass is 32.2. The Morgan fingerprint density at radius 1 is 1.18 bits per heavy atom. The van der Waals surface area contributed by atoms with Gasteiger partial charge in [-0.15, -0.1) is 11.3 Å². The van der Waals surface area contributed by atoms with Crippen molar-refractivity contribution < 1.29 is 23.5 Å². The Morgan fingerprint density at radius 3 is 2.55 bits per heavy atom. The lowest BCUT2D eigenvalue weighted by Crippen LogP contribution is -2.36. The molecule has 1 fully saturated rings. The van der Waals surface area contributed by atoms with Gasteiger partial charge in [0.1, 0.15) is 0 Å². The van der Waals surface area contributed by atoms with Gasteiger partial charge >= 0.3 is 0 Å². The Morgan fingerprint density at radius 2 is 1.89 bits per heavy atom. The summed E-state index contributed by atoms with van der Waals surface area (Å²) < 4.78 is 26.8. The predicted octanol–water partition coefficient (Wildman–Crippen LogP) is 2.46. The zero-order valence-electron chi connectivity index (χ0n) is 20.4. The Hall–Kier alpha value is -3.56. The van der Waals surface area contributed by atoms with Gasteiger partial charge in [0.15, 0.2) is 22.7 Å². The number of nitrogens with one attached hydrogen (secondary N) is 1. The van der Waals surface area contributed by atoms with Crippen LogP contribution in [0.2, 0.25) is 0 Å². The molecule has 0 radical (unpaired) electrons. The van der Waals surface area contributed by atoms with Crippen LogP contribution in [0.4, 0.5) is 11.8 Å². The van der Waals surface area contributed by atoms with Crippen molar-refractivity contribution >= 4 is 50.3 Å². The van der Waals surface area contributed by atoms with Crippen LogP contribution in [0.15, 0.2) is 42.7 Å². The molecular weight excluding hydrogens is 530 g/mol. The second-order valence-electron chi connectivity index (χ2n) is 8.63. The molecule has 1 saturated heterocycles. The molecule has 1 aliphatic rings. The lowest BCUT2D eigenvalue weighted by atomic mass is 10.1. The van der Waals surface area contributed by atoms with Crippen molar-refractivity contribution in [2.24, 2.45) is 0 Å². The molecule has 3 N–H and O–H groups in total. The van der Waals surface area contributed by atoms with Crippen LogP contribution in [-0.4, -0.2) is 73.2 Å². The number of thiophene rings is 1. The van der Waals surface area contributed by atoms with Crippen molar-refractivity contribution in [3.63, 3.8) is 0 Å². The fourth-order valence-corrected chi connectivity index (χ4v) is 5.70. The third kappa shape index (κ3) is 5.79. The molecule has 38 heavy (non-hydrogen) atoms. The van der Waals surface area contributed by atoms with E-state index in [0.29, 0.717) is 31.5 Å². The number of carbonyl (C=O) groups is 1. The maximum absolute atomic E-state index is 11.5. The fraction of sp³-hybridized carbons (Fsp3) is 0.292. The topological polar surface area (TPSA) is 154 Å². The molecule has 5 rings (SSSR count). The molecule has 198 valence electrons. The van der Waals surface area contributed by atoms with Crippen molar-refractivity contribution in [3.8, 4) is 11.4 Å². The number of hydrogen-bond donors (Lipinski definition) is 3. The van der Waals surface area contributed by atoms with Crippen molar-refractivity contribution in [2.45, 2.75) is 12.3 Å². The molecule has 0 aliphatic carbocycles. The zero-order valence-corrected chi connectivity index (χ0v) is 22.0. The average molecular weight is 556 g/mol. The van der Waals surface area contributed by atoms with E-state index in [1.54, 1.807) is 16.8 Å². The van der Waals surface area contributed by atoms with Gasteiger partial charge < -0.3 is 19.1 Å². The van der Waals surface area contributed by atoms with Gasteiger partial charge in [-0.25, -0.2) is 29.6 Å². The summed E-state index contributed by atoms with van der Waals surface area (Å²) in [6.07, 6.45) is 2.71. The van der Waals surface area contributed by atoms with Gasteiger partial charge in [-0.2, -0.15) is 0 Å². The van der Waals surface area contributed by atoms with E-state index in [0.717, 1.165) is 45.1 Å². The number of ether oxygens (including phenoxy) is 1. The number of morpholine rings is 1. The largest absolute Gasteiger partial charge is 0.378 e. The smallest absolute Gasteiger partial charge is 0.277 e. The summed E-state index contributed by atoms with van der Waals surface area (Å²) in [5.74, 6) is 1.26. The first-order valence-electron chi connectivity index (χ1n) is 11.7. The minimum Gasteiger partial charge on any atom is -0.378 e. The Bertz CT molecular complexity index is 1460. The van der Waals surface area contributed by atoms with Gasteiger partial charge in [0.05, 0.1) is 41.3 Å². The van der Waals surface area contributed by atoms with Crippen LogP contribution in [0, 0.1) is 0 Å². The lowest BCUT2D eigenvalue weighted by Gasteiger charge is -2.28. The Balaban J connectivity index is 1.46. The predicted molar refractivity (Wildman–Crippen MR) is 144 cm³/mol. The SMILES string of the molecule is CN(Cc1cc2nc(-c3ccc(CS(=O)O)cc3)nc(N3CCOCC3)c2s1)c1ncc(C(=O)NO)cn1. The first-order chi connectivity index (χ1) is 18.4. The van der Waals surface area contributed by atoms with E-state index in [-0.39, 0.29) is 11.3 Å². The van der Waals surface area contributed by atoms with Crippen molar-refractivity contribution in [2.75, 3.05) is 43.2 Å². The number of amides is 1. The molecule has 1 aromatic carbocycles. The molecule has 0 saturated carbocycles. The maximum atomic E-state index is 11.5. The molecule has 1 atom stereocenters. The second-order valence-corrected chi connectivity index (χ2v) is 10.7. The standard InChI is InChI=1S/C24H25N7O5S2/c1-30(24-25-11-17(12-26-24)23(32)29-33)13-18-10-19-20(37-18)22(31-6-8-36-9-7-31)28-21(27-19)16-4-2-15(3-5-16)14-38(34)35/h2-5,10-12,33H,6-9,13-14H2,1H3,(H,29,32)(H,34,35). The van der Waals surface area contributed by atoms with Crippen molar-refractivity contribution in [3.05, 3.63) is 58.7 Å². The molecule has 3 aromatic heterocycles. The number of fused-ring (bicyclic) bond motifs is 1. The van der Waals surface area contributed by atoms with Crippen LogP contribution in [0.3, 0.4) is 0 Å². The van der Waals surface area contributed by atoms with E-state index in [1.165, 1.54) is 12.4 Å². The molecule has 12 nitrogen and oxygen atoms in total. The van der Waals surface area contributed by atoms with Gasteiger partial charge in [-0.1, -0.05) is 24.3 Å². The third-order valence-corrected chi connectivity index (χ3v) is 7.64. The molecule has 4 heterocycles. The van der Waals surface area contributed by atoms with Crippen LogP contribution in [-0.2, 0) is 28.1 Å². The highest BCUT2D eigenvalue weighted by molar-refractivity contribution is 7.78. The number of anilines is 2. The summed E-state index contributed by atoms with van der Waals surface area (Å²) in [5.41, 5.74) is 4.12. The highest BCUT2D eigenvalue weighted by Gasteiger charge is 2.21. The van der Waals surface area contributed by atoms with Crippen LogP contribution in [0.5, 0.6) is 0 Å². The van der Waals surface area contributed by atoms with Gasteiger partial charge in [-0.05, 0) is 11.6 Å². The van der Waals surface area contributed by atoms with Crippen molar-refractivity contribution in [1.82, 2.24) is 25.4 Å². The monoisotopic (exact) mass is 555 g/mol. The summed E-state index contributed by atoms with van der Waals surface area (Å²) in [6, 6.07) is 9.39. The summed E-state index contributed by atoms with van der Waals surface area (Å²) in [7, 11) is 1.85. The summed E-state index contributed by atoms with van der Waals surface area (Å²) >= 11 is -0.301. The summed E-state index contributed by atoms with van der Waals surface area (Å²) in [4.78, 5) is 34.9. The lowest BCUT2D eigenvalue weighted by molar-refractivity contribution is 0.0705. The summed E-state index contributed by atoms with van der Waals surface area (Å²) in [6.45, 7) is 3.20. The van der Waals surface area contributed by atoms with Crippen LogP contribution in [0.25, 0.3) is 21.6 Å². The minimum atomic E-state index is -1.90. The highest BCUT2D eigenvalue weighted by Crippen LogP contribution is 2.35. The molecule has 14 heteroatoms. The molecule has 0 spiro atoms. The van der Waals surface area contributed by atoms with Gasteiger partial charge in [0.2, 0.25) is 5.95 Å². The number of nitrogens with zero attached hydrogens (tertiary/aromatic N) is 6. The number of carbonyl (C=O) groups excluding carboxylic acids is 1. The van der Waals surface area contributed by atoms with Gasteiger partial charge in [-0.3, -0.25) is 10.0 Å². The average Bonchev–Trinajstić information content (AvgIpc) is 3.35. The molecule has 4 aromatic rings. The molecular formula is C24H25N7O5S2. The van der Waals surface area contributed by atoms with Crippen LogP contribution >= 0.6 is 11.3 Å². The molecule has 1 amide bonds. The van der Waals surface area contributed by atoms with E-state index < -0.39 is 17.0 Å². The van der Waals surface area contributed by atoms with E-state index in [4.69, 9.17) is 24.5 Å². The second kappa shape index (κ2) is 11.4. The summed E-state index contributed by atoms with van der Waals surface area (Å²) in [5, 5.41) is 8.78.